The third kappa shape index (κ3) is 1.89. The van der Waals surface area contributed by atoms with Gasteiger partial charge in [-0.25, -0.2) is 4.79 Å². The largest absolute Gasteiger partial charge is 0.476 e. The van der Waals surface area contributed by atoms with Gasteiger partial charge in [0.1, 0.15) is 0 Å². The highest BCUT2D eigenvalue weighted by atomic mass is 16.4. The molecule has 1 heterocycles. The van der Waals surface area contributed by atoms with E-state index in [4.69, 9.17) is 5.11 Å². The van der Waals surface area contributed by atoms with Gasteiger partial charge in [0, 0.05) is 11.1 Å². The summed E-state index contributed by atoms with van der Waals surface area (Å²) in [6.45, 7) is 2.19. The van der Waals surface area contributed by atoms with Crippen LogP contribution in [0.4, 0.5) is 0 Å². The van der Waals surface area contributed by atoms with Crippen LogP contribution in [0, 0.1) is 0 Å². The maximum atomic E-state index is 10.7. The second-order valence-corrected chi connectivity index (χ2v) is 4.59. The molecule has 0 bridgehead atoms. The topological polar surface area (TPSA) is 66.0 Å². The van der Waals surface area contributed by atoms with Crippen molar-refractivity contribution in [3.8, 4) is 0 Å². The smallest absolute Gasteiger partial charge is 0.356 e. The van der Waals surface area contributed by atoms with Gasteiger partial charge in [0.2, 0.25) is 0 Å². The fraction of sp³-hybridized carbons (Fsp3) is 0.636. The standard InChI is InChI=1S/C11H16N2O2/c1-11(5-3-2-4-6-11)9-7-8(10(14)15)12-13-9/h7H,2-6H2,1H3,(H,12,13)(H,14,15). The summed E-state index contributed by atoms with van der Waals surface area (Å²) in [4.78, 5) is 10.7. The van der Waals surface area contributed by atoms with Gasteiger partial charge in [-0.1, -0.05) is 26.2 Å². The molecular weight excluding hydrogens is 192 g/mol. The first-order chi connectivity index (χ1) is 7.12. The Morgan fingerprint density at radius 1 is 1.47 bits per heavy atom. The normalized spacial score (nSPS) is 20.1. The minimum absolute atomic E-state index is 0.0962. The summed E-state index contributed by atoms with van der Waals surface area (Å²) in [7, 11) is 0. The molecule has 0 unspecified atom stereocenters. The summed E-state index contributed by atoms with van der Waals surface area (Å²) in [5, 5.41) is 15.5. The minimum Gasteiger partial charge on any atom is -0.476 e. The Morgan fingerprint density at radius 2 is 2.13 bits per heavy atom. The highest BCUT2D eigenvalue weighted by Crippen LogP contribution is 2.37. The molecule has 2 N–H and O–H groups in total. The summed E-state index contributed by atoms with van der Waals surface area (Å²) in [6.07, 6.45) is 5.97. The fourth-order valence-electron chi connectivity index (χ4n) is 2.34. The summed E-state index contributed by atoms with van der Waals surface area (Å²) in [5.41, 5.74) is 1.19. The van der Waals surface area contributed by atoms with E-state index < -0.39 is 5.97 Å². The number of H-pyrrole nitrogens is 1. The molecule has 0 aliphatic heterocycles. The van der Waals surface area contributed by atoms with E-state index in [0.29, 0.717) is 0 Å². The van der Waals surface area contributed by atoms with Gasteiger partial charge in [-0.05, 0) is 18.9 Å². The Labute approximate surface area is 88.7 Å². The van der Waals surface area contributed by atoms with Gasteiger partial charge in [0.15, 0.2) is 5.69 Å². The highest BCUT2D eigenvalue weighted by molar-refractivity contribution is 5.85. The van der Waals surface area contributed by atoms with E-state index in [9.17, 15) is 4.79 Å². The molecule has 1 saturated carbocycles. The van der Waals surface area contributed by atoms with Crippen LogP contribution in [0.25, 0.3) is 0 Å². The van der Waals surface area contributed by atoms with Gasteiger partial charge in [-0.3, -0.25) is 5.10 Å². The Balaban J connectivity index is 2.23. The molecule has 1 aliphatic carbocycles. The minimum atomic E-state index is -0.961. The van der Waals surface area contributed by atoms with Crippen LogP contribution < -0.4 is 0 Å². The third-order valence-electron chi connectivity index (χ3n) is 3.40. The first-order valence-electron chi connectivity index (χ1n) is 5.41. The van der Waals surface area contributed by atoms with Crippen LogP contribution in [0.5, 0.6) is 0 Å². The van der Waals surface area contributed by atoms with Gasteiger partial charge < -0.3 is 5.11 Å². The molecule has 4 heteroatoms. The molecule has 82 valence electrons. The molecule has 15 heavy (non-hydrogen) atoms. The summed E-state index contributed by atoms with van der Waals surface area (Å²) in [6, 6.07) is 1.67. The van der Waals surface area contributed by atoms with Crippen LogP contribution in [-0.4, -0.2) is 21.3 Å². The lowest BCUT2D eigenvalue weighted by Crippen LogP contribution is -2.25. The first kappa shape index (κ1) is 10.2. The van der Waals surface area contributed by atoms with Crippen molar-refractivity contribution in [1.29, 1.82) is 0 Å². The first-order valence-corrected chi connectivity index (χ1v) is 5.41. The lowest BCUT2D eigenvalue weighted by Gasteiger charge is -2.32. The van der Waals surface area contributed by atoms with E-state index in [2.05, 4.69) is 17.1 Å². The van der Waals surface area contributed by atoms with Crippen molar-refractivity contribution >= 4 is 5.97 Å². The summed E-state index contributed by atoms with van der Waals surface area (Å²) in [5.74, 6) is -0.961. The van der Waals surface area contributed by atoms with Crippen molar-refractivity contribution in [3.63, 3.8) is 0 Å². The molecule has 1 fully saturated rings. The van der Waals surface area contributed by atoms with Crippen LogP contribution in [0.3, 0.4) is 0 Å². The quantitative estimate of drug-likeness (QED) is 0.783. The Hall–Kier alpha value is -1.32. The molecule has 0 amide bonds. The maximum Gasteiger partial charge on any atom is 0.356 e. The Morgan fingerprint density at radius 3 is 2.67 bits per heavy atom. The third-order valence-corrected chi connectivity index (χ3v) is 3.40. The SMILES string of the molecule is CC1(c2cc(C(=O)O)n[nH]2)CCCCC1. The molecule has 1 aromatic heterocycles. The number of carboxylic acids is 1. The van der Waals surface area contributed by atoms with E-state index in [1.165, 1.54) is 19.3 Å². The number of rotatable bonds is 2. The van der Waals surface area contributed by atoms with Gasteiger partial charge in [0.05, 0.1) is 0 Å². The van der Waals surface area contributed by atoms with Gasteiger partial charge in [0.25, 0.3) is 0 Å². The van der Waals surface area contributed by atoms with Crippen molar-refractivity contribution in [2.24, 2.45) is 0 Å². The molecule has 0 atom stereocenters. The molecule has 1 aromatic rings. The lowest BCUT2D eigenvalue weighted by molar-refractivity contribution is 0.0690. The lowest BCUT2D eigenvalue weighted by atomic mass is 9.73. The van der Waals surface area contributed by atoms with Gasteiger partial charge in [-0.15, -0.1) is 0 Å². The van der Waals surface area contributed by atoms with E-state index >= 15 is 0 Å². The zero-order valence-electron chi connectivity index (χ0n) is 8.92. The zero-order valence-corrected chi connectivity index (χ0v) is 8.92. The van der Waals surface area contributed by atoms with Crippen LogP contribution in [0.2, 0.25) is 0 Å². The Kier molecular flexibility index (Phi) is 2.50. The number of aromatic carboxylic acids is 1. The second kappa shape index (κ2) is 3.68. The van der Waals surface area contributed by atoms with Crippen LogP contribution in [-0.2, 0) is 5.41 Å². The number of carboxylic acid groups (broad SMARTS) is 1. The van der Waals surface area contributed by atoms with Gasteiger partial charge >= 0.3 is 5.97 Å². The van der Waals surface area contributed by atoms with Crippen molar-refractivity contribution in [1.82, 2.24) is 10.2 Å². The monoisotopic (exact) mass is 208 g/mol. The van der Waals surface area contributed by atoms with Crippen molar-refractivity contribution in [2.75, 3.05) is 0 Å². The van der Waals surface area contributed by atoms with Crippen molar-refractivity contribution < 1.29 is 9.90 Å². The summed E-state index contributed by atoms with van der Waals surface area (Å²) < 4.78 is 0. The number of nitrogens with one attached hydrogen (secondary N) is 1. The predicted octanol–water partition coefficient (Wildman–Crippen LogP) is 2.33. The van der Waals surface area contributed by atoms with E-state index in [0.717, 1.165) is 18.5 Å². The second-order valence-electron chi connectivity index (χ2n) is 4.59. The van der Waals surface area contributed by atoms with Crippen LogP contribution in [0.1, 0.15) is 55.2 Å². The average Bonchev–Trinajstić information content (AvgIpc) is 2.68. The molecule has 0 radical (unpaired) electrons. The molecule has 0 spiro atoms. The maximum absolute atomic E-state index is 10.7. The number of hydrogen-bond donors (Lipinski definition) is 2. The predicted molar refractivity (Wildman–Crippen MR) is 56.0 cm³/mol. The number of carbonyl (C=O) groups is 1. The molecule has 1 aliphatic rings. The number of hydrogen-bond acceptors (Lipinski definition) is 2. The van der Waals surface area contributed by atoms with Crippen LogP contribution in [0.15, 0.2) is 6.07 Å². The highest BCUT2D eigenvalue weighted by Gasteiger charge is 2.31. The number of nitrogens with zero attached hydrogens (tertiary/aromatic N) is 1. The molecule has 0 aromatic carbocycles. The molecule has 0 saturated heterocycles. The van der Waals surface area contributed by atoms with E-state index in [1.807, 2.05) is 0 Å². The zero-order chi connectivity index (χ0) is 10.9. The molecule has 4 nitrogen and oxygen atoms in total. The molecular formula is C11H16N2O2. The van der Waals surface area contributed by atoms with Crippen molar-refractivity contribution in [3.05, 3.63) is 17.5 Å². The average molecular weight is 208 g/mol. The van der Waals surface area contributed by atoms with Crippen LogP contribution >= 0.6 is 0 Å². The summed E-state index contributed by atoms with van der Waals surface area (Å²) >= 11 is 0. The van der Waals surface area contributed by atoms with Crippen molar-refractivity contribution in [2.45, 2.75) is 44.4 Å². The van der Waals surface area contributed by atoms with E-state index in [1.54, 1.807) is 6.07 Å². The Bertz CT molecular complexity index is 364. The van der Waals surface area contributed by atoms with Gasteiger partial charge in [-0.2, -0.15) is 5.10 Å². The van der Waals surface area contributed by atoms with E-state index in [-0.39, 0.29) is 11.1 Å². The number of aromatic amines is 1. The fourth-order valence-corrected chi connectivity index (χ4v) is 2.34. The number of aromatic nitrogens is 2. The molecule has 2 rings (SSSR count).